The summed E-state index contributed by atoms with van der Waals surface area (Å²) in [4.78, 5) is 19.4. The fraction of sp³-hybridized carbons (Fsp3) is 0.643. The van der Waals surface area contributed by atoms with Crippen LogP contribution in [0.15, 0.2) is 6.33 Å². The lowest BCUT2D eigenvalue weighted by Gasteiger charge is -2.23. The molecule has 112 valence electrons. The summed E-state index contributed by atoms with van der Waals surface area (Å²) in [5, 5.41) is 12.4. The number of nitrogens with one attached hydrogen (secondary N) is 1. The Hall–Kier alpha value is -1.85. The van der Waals surface area contributed by atoms with Gasteiger partial charge in [-0.1, -0.05) is 20.8 Å². The minimum atomic E-state index is -0.800. The molecule has 1 atom stereocenters. The molecule has 0 aliphatic heterocycles. The fourth-order valence-electron chi connectivity index (χ4n) is 2.02. The molecule has 1 aromatic rings. The van der Waals surface area contributed by atoms with Crippen LogP contribution in [-0.2, 0) is 4.79 Å². The summed E-state index contributed by atoms with van der Waals surface area (Å²) in [5.74, 6) is -0.163. The van der Waals surface area contributed by atoms with Gasteiger partial charge in [-0.25, -0.2) is 9.97 Å². The first-order valence-corrected chi connectivity index (χ1v) is 6.57. The van der Waals surface area contributed by atoms with E-state index in [0.29, 0.717) is 24.7 Å². The first kappa shape index (κ1) is 16.2. The molecule has 0 saturated carbocycles. The van der Waals surface area contributed by atoms with Crippen molar-refractivity contribution < 1.29 is 14.6 Å². The Morgan fingerprint density at radius 3 is 2.60 bits per heavy atom. The molecule has 1 rings (SSSR count). The molecule has 0 saturated heterocycles. The number of ether oxygens (including phenoxy) is 1. The quantitative estimate of drug-likeness (QED) is 0.832. The van der Waals surface area contributed by atoms with E-state index in [1.165, 1.54) is 6.33 Å². The van der Waals surface area contributed by atoms with E-state index in [4.69, 9.17) is 4.74 Å². The molecule has 1 unspecified atom stereocenters. The maximum atomic E-state index is 11.3. The van der Waals surface area contributed by atoms with Crippen LogP contribution in [0.25, 0.3) is 0 Å². The lowest BCUT2D eigenvalue weighted by Crippen LogP contribution is -2.28. The van der Waals surface area contributed by atoms with E-state index in [-0.39, 0.29) is 5.41 Å². The number of carboxylic acids is 1. The summed E-state index contributed by atoms with van der Waals surface area (Å²) in [5.41, 5.74) is 0.735. The molecule has 0 amide bonds. The molecule has 0 aliphatic rings. The van der Waals surface area contributed by atoms with Crippen molar-refractivity contribution >= 4 is 11.8 Å². The molecule has 0 fully saturated rings. The Morgan fingerprint density at radius 2 is 2.10 bits per heavy atom. The molecule has 6 nitrogen and oxygen atoms in total. The van der Waals surface area contributed by atoms with Crippen LogP contribution in [0.3, 0.4) is 0 Å². The van der Waals surface area contributed by atoms with E-state index in [2.05, 4.69) is 15.3 Å². The van der Waals surface area contributed by atoms with Crippen molar-refractivity contribution in [2.24, 2.45) is 11.3 Å². The fourth-order valence-corrected chi connectivity index (χ4v) is 2.02. The molecule has 0 aliphatic carbocycles. The first-order chi connectivity index (χ1) is 9.24. The third-order valence-electron chi connectivity index (χ3n) is 2.96. The van der Waals surface area contributed by atoms with Gasteiger partial charge in [-0.3, -0.25) is 4.79 Å². The average Bonchev–Trinajstić information content (AvgIpc) is 2.34. The second kappa shape index (κ2) is 6.54. The Kier molecular flexibility index (Phi) is 5.30. The molecule has 6 heteroatoms. The predicted molar refractivity (Wildman–Crippen MR) is 77.0 cm³/mol. The highest BCUT2D eigenvalue weighted by atomic mass is 16.5. The summed E-state index contributed by atoms with van der Waals surface area (Å²) in [6.07, 6.45) is 1.99. The van der Waals surface area contributed by atoms with Gasteiger partial charge in [0.15, 0.2) is 0 Å². The van der Waals surface area contributed by atoms with Crippen LogP contribution in [0.5, 0.6) is 5.88 Å². The second-order valence-electron chi connectivity index (χ2n) is 6.04. The lowest BCUT2D eigenvalue weighted by atomic mass is 9.84. The standard InChI is InChI=1S/C14H23N3O3/c1-9-11(16-8-17-12(9)20-5)15-7-10(13(18)19)6-14(2,3)4/h8,10H,6-7H2,1-5H3,(H,18,19)(H,15,16,17). The summed E-state index contributed by atoms with van der Waals surface area (Å²) >= 11 is 0. The van der Waals surface area contributed by atoms with E-state index in [0.717, 1.165) is 5.56 Å². The maximum absolute atomic E-state index is 11.3. The lowest BCUT2D eigenvalue weighted by molar-refractivity contribution is -0.142. The normalized spacial score (nSPS) is 12.8. The summed E-state index contributed by atoms with van der Waals surface area (Å²) in [6.45, 7) is 8.25. The number of aromatic nitrogens is 2. The predicted octanol–water partition coefficient (Wildman–Crippen LogP) is 2.34. The SMILES string of the molecule is COc1ncnc(NCC(CC(C)(C)C)C(=O)O)c1C. The number of hydrogen-bond donors (Lipinski definition) is 2. The van der Waals surface area contributed by atoms with Gasteiger partial charge in [0.05, 0.1) is 18.6 Å². The number of hydrogen-bond acceptors (Lipinski definition) is 5. The second-order valence-corrected chi connectivity index (χ2v) is 6.04. The molecule has 1 aromatic heterocycles. The van der Waals surface area contributed by atoms with Crippen LogP contribution in [0.4, 0.5) is 5.82 Å². The Morgan fingerprint density at radius 1 is 1.45 bits per heavy atom. The van der Waals surface area contributed by atoms with Crippen LogP contribution in [-0.4, -0.2) is 34.7 Å². The third kappa shape index (κ3) is 4.68. The van der Waals surface area contributed by atoms with Crippen LogP contribution in [0.1, 0.15) is 32.8 Å². The van der Waals surface area contributed by atoms with Crippen molar-refractivity contribution in [3.8, 4) is 5.88 Å². The summed E-state index contributed by atoms with van der Waals surface area (Å²) in [7, 11) is 1.54. The van der Waals surface area contributed by atoms with Gasteiger partial charge in [0.1, 0.15) is 12.1 Å². The van der Waals surface area contributed by atoms with Gasteiger partial charge in [0, 0.05) is 6.54 Å². The summed E-state index contributed by atoms with van der Waals surface area (Å²) in [6, 6.07) is 0. The van der Waals surface area contributed by atoms with Gasteiger partial charge in [-0.05, 0) is 18.8 Å². The van der Waals surface area contributed by atoms with E-state index < -0.39 is 11.9 Å². The number of carbonyl (C=O) groups is 1. The Labute approximate surface area is 119 Å². The first-order valence-electron chi connectivity index (χ1n) is 6.57. The van der Waals surface area contributed by atoms with E-state index in [1.54, 1.807) is 7.11 Å². The number of rotatable bonds is 6. The van der Waals surface area contributed by atoms with Crippen molar-refractivity contribution in [3.05, 3.63) is 11.9 Å². The van der Waals surface area contributed by atoms with Gasteiger partial charge < -0.3 is 15.2 Å². The number of anilines is 1. The van der Waals surface area contributed by atoms with Gasteiger partial charge in [-0.2, -0.15) is 0 Å². The Balaban J connectivity index is 2.76. The highest BCUT2D eigenvalue weighted by Crippen LogP contribution is 2.26. The highest BCUT2D eigenvalue weighted by Gasteiger charge is 2.24. The highest BCUT2D eigenvalue weighted by molar-refractivity contribution is 5.71. The summed E-state index contributed by atoms with van der Waals surface area (Å²) < 4.78 is 5.11. The van der Waals surface area contributed by atoms with Gasteiger partial charge in [0.25, 0.3) is 0 Å². The molecule has 2 N–H and O–H groups in total. The zero-order valence-corrected chi connectivity index (χ0v) is 12.7. The van der Waals surface area contributed by atoms with Crippen LogP contribution >= 0.6 is 0 Å². The molecular formula is C14H23N3O3. The number of nitrogens with zero attached hydrogens (tertiary/aromatic N) is 2. The number of methoxy groups -OCH3 is 1. The Bertz CT molecular complexity index is 469. The molecule has 0 radical (unpaired) electrons. The maximum Gasteiger partial charge on any atom is 0.308 e. The van der Waals surface area contributed by atoms with Crippen molar-refractivity contribution in [2.45, 2.75) is 34.1 Å². The molecule has 20 heavy (non-hydrogen) atoms. The molecule has 0 bridgehead atoms. The number of carboxylic acid groups (broad SMARTS) is 1. The van der Waals surface area contributed by atoms with Gasteiger partial charge in [0.2, 0.25) is 5.88 Å². The van der Waals surface area contributed by atoms with Crippen molar-refractivity contribution in [1.82, 2.24) is 9.97 Å². The van der Waals surface area contributed by atoms with Crippen molar-refractivity contribution in [1.29, 1.82) is 0 Å². The van der Waals surface area contributed by atoms with E-state index in [1.807, 2.05) is 27.7 Å². The monoisotopic (exact) mass is 281 g/mol. The molecule has 0 aromatic carbocycles. The van der Waals surface area contributed by atoms with Crippen LogP contribution in [0, 0.1) is 18.3 Å². The van der Waals surface area contributed by atoms with E-state index in [9.17, 15) is 9.90 Å². The van der Waals surface area contributed by atoms with Crippen molar-refractivity contribution in [3.63, 3.8) is 0 Å². The van der Waals surface area contributed by atoms with Crippen LogP contribution < -0.4 is 10.1 Å². The topological polar surface area (TPSA) is 84.3 Å². The van der Waals surface area contributed by atoms with E-state index >= 15 is 0 Å². The molecule has 0 spiro atoms. The zero-order valence-electron chi connectivity index (χ0n) is 12.7. The van der Waals surface area contributed by atoms with Gasteiger partial charge in [-0.15, -0.1) is 0 Å². The smallest absolute Gasteiger partial charge is 0.308 e. The van der Waals surface area contributed by atoms with Crippen molar-refractivity contribution in [2.75, 3.05) is 19.0 Å². The molecular weight excluding hydrogens is 258 g/mol. The number of aliphatic carboxylic acids is 1. The minimum absolute atomic E-state index is 0.0385. The van der Waals surface area contributed by atoms with Gasteiger partial charge >= 0.3 is 5.97 Å². The molecule has 1 heterocycles. The van der Waals surface area contributed by atoms with Crippen LogP contribution in [0.2, 0.25) is 0 Å². The minimum Gasteiger partial charge on any atom is -0.481 e. The average molecular weight is 281 g/mol. The largest absolute Gasteiger partial charge is 0.481 e. The zero-order chi connectivity index (χ0) is 15.3. The third-order valence-corrected chi connectivity index (χ3v) is 2.96.